The number of carbonyl (C=O) groups excluding carboxylic acids is 3. The van der Waals surface area contributed by atoms with E-state index in [1.54, 1.807) is 20.8 Å². The lowest BCUT2D eigenvalue weighted by atomic mass is 9.54. The van der Waals surface area contributed by atoms with Crippen molar-refractivity contribution in [3.05, 3.63) is 71.9 Å². The summed E-state index contributed by atoms with van der Waals surface area (Å²) in [6.07, 6.45) is 7.88. The number of aromatic amines is 1. The van der Waals surface area contributed by atoms with Crippen molar-refractivity contribution in [2.75, 3.05) is 0 Å². The van der Waals surface area contributed by atoms with Crippen molar-refractivity contribution in [3.8, 4) is 0 Å². The maximum atomic E-state index is 14.4. The fraction of sp³-hybridized carbons (Fsp3) is 0.528. The highest BCUT2D eigenvalue weighted by atomic mass is 16.6. The second kappa shape index (κ2) is 11.9. The van der Waals surface area contributed by atoms with E-state index < -0.39 is 29.2 Å². The van der Waals surface area contributed by atoms with E-state index in [2.05, 4.69) is 20.9 Å². The van der Waals surface area contributed by atoms with Crippen molar-refractivity contribution >= 4 is 28.8 Å². The Morgan fingerprint density at radius 3 is 2.18 bits per heavy atom. The lowest BCUT2D eigenvalue weighted by molar-refractivity contribution is -0.136. The molecule has 4 N–H and O–H groups in total. The summed E-state index contributed by atoms with van der Waals surface area (Å²) >= 11 is 0. The molecule has 3 amide bonds. The monoisotopic (exact) mass is 598 g/mol. The number of carbonyl (C=O) groups is 3. The molecule has 4 bridgehead atoms. The zero-order chi connectivity index (χ0) is 31.1. The van der Waals surface area contributed by atoms with Crippen LogP contribution < -0.4 is 16.0 Å². The summed E-state index contributed by atoms with van der Waals surface area (Å²) in [5, 5.41) is 10.4. The number of para-hydroxylation sites is 1. The highest BCUT2D eigenvalue weighted by Gasteiger charge is 2.50. The number of H-pyrrole nitrogens is 1. The summed E-state index contributed by atoms with van der Waals surface area (Å²) in [5.41, 5.74) is 0.830. The summed E-state index contributed by atoms with van der Waals surface area (Å²) in [4.78, 5) is 44.7. The normalized spacial score (nSPS) is 26.0. The van der Waals surface area contributed by atoms with Gasteiger partial charge >= 0.3 is 6.09 Å². The van der Waals surface area contributed by atoms with E-state index in [1.807, 2.05) is 67.7 Å². The van der Waals surface area contributed by atoms with Gasteiger partial charge in [-0.3, -0.25) is 9.59 Å². The molecule has 4 aliphatic rings. The number of rotatable bonds is 9. The van der Waals surface area contributed by atoms with Crippen LogP contribution in [0.1, 0.15) is 70.9 Å². The molecule has 234 valence electrons. The molecule has 8 heteroatoms. The molecule has 3 aromatic rings. The van der Waals surface area contributed by atoms with E-state index in [-0.39, 0.29) is 18.4 Å². The summed E-state index contributed by atoms with van der Waals surface area (Å²) in [6.45, 7) is 7.16. The number of amides is 3. The van der Waals surface area contributed by atoms with E-state index in [9.17, 15) is 14.4 Å². The van der Waals surface area contributed by atoms with Gasteiger partial charge in [0.25, 0.3) is 0 Å². The van der Waals surface area contributed by atoms with Crippen LogP contribution in [0.15, 0.2) is 60.8 Å². The summed E-state index contributed by atoms with van der Waals surface area (Å²) in [7, 11) is 0. The maximum absolute atomic E-state index is 14.4. The van der Waals surface area contributed by atoms with Gasteiger partial charge in [0.15, 0.2) is 0 Å². The van der Waals surface area contributed by atoms with Crippen LogP contribution in [-0.2, 0) is 27.2 Å². The highest BCUT2D eigenvalue weighted by Crippen LogP contribution is 2.53. The molecule has 1 aromatic heterocycles. The fourth-order valence-corrected chi connectivity index (χ4v) is 8.18. The number of benzene rings is 2. The molecule has 0 aliphatic heterocycles. The largest absolute Gasteiger partial charge is 0.444 e. The first kappa shape index (κ1) is 30.2. The van der Waals surface area contributed by atoms with Gasteiger partial charge < -0.3 is 25.7 Å². The molecule has 1 unspecified atom stereocenters. The first-order chi connectivity index (χ1) is 21.0. The molecular weight excluding hydrogens is 552 g/mol. The van der Waals surface area contributed by atoms with Gasteiger partial charge in [0.1, 0.15) is 17.2 Å². The molecule has 4 fully saturated rings. The van der Waals surface area contributed by atoms with Gasteiger partial charge in [-0.15, -0.1) is 0 Å². The third kappa shape index (κ3) is 6.64. The van der Waals surface area contributed by atoms with Crippen LogP contribution in [0.25, 0.3) is 10.9 Å². The van der Waals surface area contributed by atoms with Crippen LogP contribution in [0.3, 0.4) is 0 Å². The molecule has 4 saturated carbocycles. The summed E-state index contributed by atoms with van der Waals surface area (Å²) < 4.78 is 5.51. The lowest BCUT2D eigenvalue weighted by Crippen LogP contribution is -2.65. The van der Waals surface area contributed by atoms with Gasteiger partial charge in [-0.05, 0) is 101 Å². The van der Waals surface area contributed by atoms with Gasteiger partial charge in [0, 0.05) is 36.0 Å². The number of aromatic nitrogens is 1. The second-order valence-electron chi connectivity index (χ2n) is 14.7. The number of nitrogens with one attached hydrogen (secondary N) is 4. The minimum atomic E-state index is -1.26. The van der Waals surface area contributed by atoms with Crippen LogP contribution in [0.2, 0.25) is 0 Å². The maximum Gasteiger partial charge on any atom is 0.408 e. The minimum absolute atomic E-state index is 0.134. The van der Waals surface area contributed by atoms with E-state index in [4.69, 9.17) is 4.74 Å². The fourth-order valence-electron chi connectivity index (χ4n) is 8.18. The van der Waals surface area contributed by atoms with E-state index >= 15 is 0 Å². The van der Waals surface area contributed by atoms with Crippen molar-refractivity contribution in [1.82, 2.24) is 20.9 Å². The second-order valence-corrected chi connectivity index (χ2v) is 14.7. The number of ether oxygens (including phenoxy) is 1. The van der Waals surface area contributed by atoms with E-state index in [0.29, 0.717) is 18.3 Å². The van der Waals surface area contributed by atoms with Crippen molar-refractivity contribution in [1.29, 1.82) is 0 Å². The molecule has 44 heavy (non-hydrogen) atoms. The Kier molecular flexibility index (Phi) is 8.20. The van der Waals surface area contributed by atoms with Crippen molar-refractivity contribution in [2.24, 2.45) is 23.7 Å². The molecule has 8 nitrogen and oxygen atoms in total. The minimum Gasteiger partial charge on any atom is -0.444 e. The smallest absolute Gasteiger partial charge is 0.408 e. The number of hydrogen-bond donors (Lipinski definition) is 4. The molecule has 2 aromatic carbocycles. The van der Waals surface area contributed by atoms with Gasteiger partial charge in [-0.25, -0.2) is 4.79 Å². The van der Waals surface area contributed by atoms with Crippen molar-refractivity contribution in [3.63, 3.8) is 0 Å². The third-order valence-corrected chi connectivity index (χ3v) is 9.93. The number of fused-ring (bicyclic) bond motifs is 1. The van der Waals surface area contributed by atoms with Gasteiger partial charge in [-0.2, -0.15) is 0 Å². The van der Waals surface area contributed by atoms with Crippen molar-refractivity contribution in [2.45, 2.75) is 95.9 Å². The Balaban J connectivity index is 1.27. The van der Waals surface area contributed by atoms with Gasteiger partial charge in [0.2, 0.25) is 11.8 Å². The zero-order valence-electron chi connectivity index (χ0n) is 26.3. The molecule has 0 saturated heterocycles. The molecule has 4 aliphatic carbocycles. The van der Waals surface area contributed by atoms with Crippen LogP contribution in [0, 0.1) is 23.7 Å². The summed E-state index contributed by atoms with van der Waals surface area (Å²) in [5.74, 6) is 1.98. The lowest BCUT2D eigenvalue weighted by Gasteiger charge is -2.54. The Hall–Kier alpha value is -3.81. The van der Waals surface area contributed by atoms with Crippen LogP contribution in [0.5, 0.6) is 0 Å². The van der Waals surface area contributed by atoms with E-state index in [1.165, 1.54) is 32.1 Å². The average Bonchev–Trinajstić information content (AvgIpc) is 3.36. The quantitative estimate of drug-likeness (QED) is 0.255. The molecule has 7 rings (SSSR count). The predicted molar refractivity (Wildman–Crippen MR) is 171 cm³/mol. The van der Waals surface area contributed by atoms with Crippen molar-refractivity contribution < 1.29 is 19.1 Å². The highest BCUT2D eigenvalue weighted by molar-refractivity contribution is 5.95. The van der Waals surface area contributed by atoms with E-state index in [0.717, 1.165) is 33.9 Å². The van der Waals surface area contributed by atoms with Gasteiger partial charge in [-0.1, -0.05) is 48.5 Å². The molecule has 0 spiro atoms. The Bertz CT molecular complexity index is 1480. The Morgan fingerprint density at radius 1 is 0.886 bits per heavy atom. The van der Waals surface area contributed by atoms with Gasteiger partial charge in [0.05, 0.1) is 0 Å². The van der Waals surface area contributed by atoms with Crippen LogP contribution in [-0.4, -0.2) is 46.1 Å². The number of alkyl carbamates (subject to hydrolysis) is 1. The Morgan fingerprint density at radius 2 is 1.52 bits per heavy atom. The molecular formula is C36H46N4O4. The first-order valence-electron chi connectivity index (χ1n) is 16.2. The van der Waals surface area contributed by atoms with Crippen LogP contribution >= 0.6 is 0 Å². The number of hydrogen-bond acceptors (Lipinski definition) is 4. The predicted octanol–water partition coefficient (Wildman–Crippen LogP) is 5.66. The standard InChI is InChI=1S/C36H46N4O4/c1-35(2,3)44-34(43)38-30(19-22-10-6-5-7-11-22)32(41)40-36(4,20-27-21-37-29-13-9-8-12-28(27)29)33(42)39-31-25-15-23-14-24(17-25)18-26(31)16-23/h5-13,21,23-26,30-31,37H,14-20H2,1-4H3,(H,38,43)(H,39,42)(H,40,41)/t23?,24?,25?,26?,30-,31?,36?/m0/s1. The SMILES string of the molecule is CC(C)(C)OC(=O)N[C@@H](Cc1ccccc1)C(=O)NC(C)(Cc1c[nH]c2ccccc12)C(=O)NC1C2CC3CC(C2)CC1C3. The van der Waals surface area contributed by atoms with Crippen LogP contribution in [0.4, 0.5) is 4.79 Å². The molecule has 2 atom stereocenters. The topological polar surface area (TPSA) is 112 Å². The molecule has 0 radical (unpaired) electrons. The summed E-state index contributed by atoms with van der Waals surface area (Å²) in [6, 6.07) is 16.7. The zero-order valence-corrected chi connectivity index (χ0v) is 26.3. The average molecular weight is 599 g/mol. The molecule has 1 heterocycles. The third-order valence-electron chi connectivity index (χ3n) is 9.93. The Labute approximate surface area is 260 Å². The first-order valence-corrected chi connectivity index (χ1v) is 16.2.